The number of rotatable bonds is 2. The van der Waals surface area contributed by atoms with Gasteiger partial charge < -0.3 is 0 Å². The molecule has 0 aromatic carbocycles. The van der Waals surface area contributed by atoms with E-state index in [0.29, 0.717) is 21.7 Å². The van der Waals surface area contributed by atoms with Gasteiger partial charge in [-0.05, 0) is 12.1 Å². The maximum absolute atomic E-state index is 13.0. The van der Waals surface area contributed by atoms with Gasteiger partial charge in [-0.3, -0.25) is 19.1 Å². The minimum atomic E-state index is -0.354. The zero-order chi connectivity index (χ0) is 17.7. The molecule has 0 amide bonds. The van der Waals surface area contributed by atoms with E-state index in [9.17, 15) is 9.59 Å². The number of fused-ring (bicyclic) bond motifs is 3. The molecule has 0 aliphatic heterocycles. The van der Waals surface area contributed by atoms with Gasteiger partial charge in [0.15, 0.2) is 0 Å². The van der Waals surface area contributed by atoms with E-state index in [-0.39, 0.29) is 17.1 Å². The summed E-state index contributed by atoms with van der Waals surface area (Å²) in [7, 11) is 0. The summed E-state index contributed by atoms with van der Waals surface area (Å²) in [6.07, 6.45) is 8.69. The summed E-state index contributed by atoms with van der Waals surface area (Å²) in [5, 5.41) is 14.9. The predicted octanol–water partition coefficient (Wildman–Crippen LogP) is -0.278. The van der Waals surface area contributed by atoms with Gasteiger partial charge in [-0.15, -0.1) is 10.2 Å². The number of hydrogen-bond acceptors (Lipinski definition) is 7. The van der Waals surface area contributed by atoms with Gasteiger partial charge in [0.25, 0.3) is 11.1 Å². The van der Waals surface area contributed by atoms with Crippen LogP contribution in [0.2, 0.25) is 0 Å². The second-order valence-corrected chi connectivity index (χ2v) is 5.45. The fraction of sp³-hybridized carbons (Fsp3) is 0. The first-order valence-corrected chi connectivity index (χ1v) is 7.51. The van der Waals surface area contributed by atoms with Crippen molar-refractivity contribution < 1.29 is 0 Å². The highest BCUT2D eigenvalue weighted by atomic mass is 16.1. The molecule has 5 heterocycles. The first-order valence-electron chi connectivity index (χ1n) is 7.51. The molecular weight excluding hydrogens is 338 g/mol. The highest BCUT2D eigenvalue weighted by Gasteiger charge is 2.13. The van der Waals surface area contributed by atoms with Gasteiger partial charge >= 0.3 is 0 Å². The Labute approximate surface area is 143 Å². The first-order chi connectivity index (χ1) is 12.7. The molecule has 5 aromatic heterocycles. The molecule has 0 fully saturated rings. The molecule has 11 heteroatoms. The van der Waals surface area contributed by atoms with E-state index in [1.807, 2.05) is 0 Å². The molecule has 5 rings (SSSR count). The topological polar surface area (TPSA) is 129 Å². The van der Waals surface area contributed by atoms with E-state index in [1.54, 1.807) is 24.5 Å². The van der Waals surface area contributed by atoms with Crippen LogP contribution >= 0.6 is 0 Å². The molecule has 5 aromatic rings. The molecule has 1 N–H and O–H groups in total. The molecule has 0 radical (unpaired) electrons. The Bertz CT molecular complexity index is 1360. The highest BCUT2D eigenvalue weighted by molar-refractivity contribution is 6.04. The SMILES string of the molecule is O=c1c2cnc3ccn(-n4cnnc4)c(=O)c3c2ccn1-c1ncn[nH]1. The molecule has 0 atom stereocenters. The second kappa shape index (κ2) is 5.17. The zero-order valence-electron chi connectivity index (χ0n) is 13.0. The summed E-state index contributed by atoms with van der Waals surface area (Å²) >= 11 is 0. The summed E-state index contributed by atoms with van der Waals surface area (Å²) in [5.41, 5.74) is -0.200. The van der Waals surface area contributed by atoms with Gasteiger partial charge in [0, 0.05) is 24.0 Å². The van der Waals surface area contributed by atoms with Gasteiger partial charge in [0.1, 0.15) is 19.0 Å². The van der Waals surface area contributed by atoms with Crippen molar-refractivity contribution in [2.45, 2.75) is 0 Å². The van der Waals surface area contributed by atoms with Gasteiger partial charge in [-0.1, -0.05) is 0 Å². The third kappa shape index (κ3) is 1.90. The number of aromatic nitrogens is 9. The smallest absolute Gasteiger partial charge is 0.268 e. The molecule has 0 bridgehead atoms. The van der Waals surface area contributed by atoms with Crippen LogP contribution in [0.15, 0.2) is 59.3 Å². The van der Waals surface area contributed by atoms with Gasteiger partial charge in [0.2, 0.25) is 5.95 Å². The summed E-state index contributed by atoms with van der Waals surface area (Å²) in [6, 6.07) is 3.37. The van der Waals surface area contributed by atoms with Crippen LogP contribution in [0.1, 0.15) is 0 Å². The largest absolute Gasteiger partial charge is 0.279 e. The van der Waals surface area contributed by atoms with Gasteiger partial charge in [-0.2, -0.15) is 10.1 Å². The van der Waals surface area contributed by atoms with Crippen LogP contribution in [0.5, 0.6) is 0 Å². The van der Waals surface area contributed by atoms with Gasteiger partial charge in [0.05, 0.1) is 16.3 Å². The normalized spacial score (nSPS) is 11.4. The van der Waals surface area contributed by atoms with Crippen molar-refractivity contribution >= 4 is 21.7 Å². The Balaban J connectivity index is 1.88. The van der Waals surface area contributed by atoms with Crippen LogP contribution in [0.3, 0.4) is 0 Å². The summed E-state index contributed by atoms with van der Waals surface area (Å²) in [4.78, 5) is 34.0. The van der Waals surface area contributed by atoms with Crippen molar-refractivity contribution in [3.63, 3.8) is 0 Å². The number of nitrogens with zero attached hydrogens (tertiary/aromatic N) is 8. The molecule has 0 saturated carbocycles. The van der Waals surface area contributed by atoms with Crippen LogP contribution in [-0.2, 0) is 0 Å². The van der Waals surface area contributed by atoms with Crippen molar-refractivity contribution in [3.05, 3.63) is 70.4 Å². The number of aromatic amines is 1. The third-order valence-corrected chi connectivity index (χ3v) is 4.07. The Hall–Kier alpha value is -4.15. The standard InChI is InChI=1S/C15H9N9O2/c25-13-10-5-16-11-2-4-24(22-7-19-20-8-22)14(26)12(11)9(10)1-3-23(13)15-17-6-18-21-15/h1-8H,(H,17,18,21). The lowest BCUT2D eigenvalue weighted by Gasteiger charge is -2.09. The molecular formula is C15H9N9O2. The molecule has 26 heavy (non-hydrogen) atoms. The van der Waals surface area contributed by atoms with Crippen molar-refractivity contribution in [3.8, 4) is 5.95 Å². The van der Waals surface area contributed by atoms with E-state index >= 15 is 0 Å². The van der Waals surface area contributed by atoms with Crippen molar-refractivity contribution in [2.24, 2.45) is 0 Å². The van der Waals surface area contributed by atoms with Crippen molar-refractivity contribution in [1.82, 2.24) is 44.3 Å². The number of pyridine rings is 3. The fourth-order valence-corrected chi connectivity index (χ4v) is 2.88. The summed E-state index contributed by atoms with van der Waals surface area (Å²) in [5.74, 6) is 0.284. The number of nitrogens with one attached hydrogen (secondary N) is 1. The maximum Gasteiger partial charge on any atom is 0.279 e. The van der Waals surface area contributed by atoms with E-state index in [1.165, 1.54) is 39.1 Å². The quantitative estimate of drug-likeness (QED) is 0.435. The lowest BCUT2D eigenvalue weighted by molar-refractivity contribution is 0.633. The Morgan fingerprint density at radius 2 is 1.77 bits per heavy atom. The van der Waals surface area contributed by atoms with Crippen LogP contribution < -0.4 is 11.1 Å². The predicted molar refractivity (Wildman–Crippen MR) is 89.9 cm³/mol. The molecule has 0 aliphatic rings. The van der Waals surface area contributed by atoms with Gasteiger partial charge in [-0.25, -0.2) is 14.5 Å². The molecule has 0 aliphatic carbocycles. The maximum atomic E-state index is 13.0. The average Bonchev–Trinajstić information content (AvgIpc) is 3.36. The molecule has 0 saturated heterocycles. The summed E-state index contributed by atoms with van der Waals surface area (Å²) in [6.45, 7) is 0. The van der Waals surface area contributed by atoms with E-state index in [0.717, 1.165) is 0 Å². The first kappa shape index (κ1) is 14.2. The molecule has 126 valence electrons. The van der Waals surface area contributed by atoms with Crippen LogP contribution in [-0.4, -0.2) is 44.3 Å². The second-order valence-electron chi connectivity index (χ2n) is 5.45. The average molecular weight is 347 g/mol. The van der Waals surface area contributed by atoms with Crippen molar-refractivity contribution in [1.29, 1.82) is 0 Å². The molecule has 0 spiro atoms. The van der Waals surface area contributed by atoms with Crippen LogP contribution in [0.25, 0.3) is 27.6 Å². The number of H-pyrrole nitrogens is 1. The van der Waals surface area contributed by atoms with E-state index in [2.05, 4.69) is 30.4 Å². The number of hydrogen-bond donors (Lipinski definition) is 1. The Morgan fingerprint density at radius 1 is 0.923 bits per heavy atom. The van der Waals surface area contributed by atoms with E-state index < -0.39 is 0 Å². The molecule has 0 unspecified atom stereocenters. The Kier molecular flexibility index (Phi) is 2.83. The lowest BCUT2D eigenvalue weighted by atomic mass is 10.1. The Morgan fingerprint density at radius 3 is 2.54 bits per heavy atom. The van der Waals surface area contributed by atoms with E-state index in [4.69, 9.17) is 0 Å². The summed E-state index contributed by atoms with van der Waals surface area (Å²) < 4.78 is 4.09. The molecule has 11 nitrogen and oxygen atoms in total. The lowest BCUT2D eigenvalue weighted by Crippen LogP contribution is -2.25. The monoisotopic (exact) mass is 347 g/mol. The zero-order valence-corrected chi connectivity index (χ0v) is 13.0. The minimum absolute atomic E-state index is 0.284. The minimum Gasteiger partial charge on any atom is -0.268 e. The third-order valence-electron chi connectivity index (χ3n) is 4.07. The fourth-order valence-electron chi connectivity index (χ4n) is 2.88. The van der Waals surface area contributed by atoms with Crippen molar-refractivity contribution in [2.75, 3.05) is 0 Å². The van der Waals surface area contributed by atoms with Crippen LogP contribution in [0.4, 0.5) is 0 Å². The van der Waals surface area contributed by atoms with Crippen LogP contribution in [0, 0.1) is 0 Å². The highest BCUT2D eigenvalue weighted by Crippen LogP contribution is 2.18.